The van der Waals surface area contributed by atoms with Crippen LogP contribution in [0.25, 0.3) is 10.8 Å². The molecule has 7 nitrogen and oxygen atoms in total. The second kappa shape index (κ2) is 6.35. The van der Waals surface area contributed by atoms with Crippen molar-refractivity contribution in [2.45, 2.75) is 19.4 Å². The number of ether oxygens (including phenoxy) is 2. The molecule has 1 saturated heterocycles. The number of methoxy groups -OCH3 is 1. The number of hydrogen-bond donors (Lipinski definition) is 2. The molecule has 1 aromatic heterocycles. The highest BCUT2D eigenvalue weighted by atomic mass is 16.5. The molecule has 2 amide bonds. The van der Waals surface area contributed by atoms with Crippen LogP contribution >= 0.6 is 0 Å². The van der Waals surface area contributed by atoms with Crippen molar-refractivity contribution in [3.8, 4) is 11.6 Å². The summed E-state index contributed by atoms with van der Waals surface area (Å²) in [5.41, 5.74) is 5.69. The van der Waals surface area contributed by atoms with Crippen LogP contribution in [0.15, 0.2) is 24.4 Å². The van der Waals surface area contributed by atoms with E-state index in [0.717, 1.165) is 10.8 Å². The molecule has 1 aliphatic heterocycles. The maximum atomic E-state index is 11.5. The minimum absolute atomic E-state index is 0.0368. The molecule has 0 bridgehead atoms. The summed E-state index contributed by atoms with van der Waals surface area (Å²) in [5.74, 6) is 0.485. The van der Waals surface area contributed by atoms with Crippen molar-refractivity contribution in [2.24, 2.45) is 11.7 Å². The van der Waals surface area contributed by atoms with Gasteiger partial charge in [0.05, 0.1) is 18.7 Å². The Morgan fingerprint density at radius 2 is 2.25 bits per heavy atom. The van der Waals surface area contributed by atoms with E-state index in [1.165, 1.54) is 7.11 Å². The van der Waals surface area contributed by atoms with Gasteiger partial charge in [-0.1, -0.05) is 6.92 Å². The molecule has 0 aliphatic carbocycles. The number of rotatable bonds is 5. The number of amides is 2. The Labute approximate surface area is 139 Å². The van der Waals surface area contributed by atoms with Crippen molar-refractivity contribution in [3.63, 3.8) is 0 Å². The topological polar surface area (TPSA) is 104 Å². The van der Waals surface area contributed by atoms with Gasteiger partial charge in [-0.05, 0) is 29.5 Å². The van der Waals surface area contributed by atoms with E-state index in [2.05, 4.69) is 10.3 Å². The van der Waals surface area contributed by atoms with Gasteiger partial charge in [-0.15, -0.1) is 0 Å². The van der Waals surface area contributed by atoms with Crippen LogP contribution in [-0.2, 0) is 4.79 Å². The average molecular weight is 329 g/mol. The second-order valence-electron chi connectivity index (χ2n) is 5.92. The zero-order valence-corrected chi connectivity index (χ0v) is 13.5. The molecule has 2 atom stereocenters. The molecule has 1 aromatic carbocycles. The lowest BCUT2D eigenvalue weighted by atomic mass is 10.0. The maximum Gasteiger partial charge on any atom is 0.252 e. The standard InChI is InChI=1S/C17H19N3O4/c1-9-5-15(21)20-13(9)8-24-17-11-7-14(23-2)12(16(18)22)6-10(11)3-4-19-17/h3-4,6-7,9,13H,5,8H2,1-2H3,(H2,18,22)(H,20,21)/t9-,13-/m0/s1. The van der Waals surface area contributed by atoms with Gasteiger partial charge in [0.2, 0.25) is 11.8 Å². The molecule has 1 fully saturated rings. The number of carbonyl (C=O) groups excluding carboxylic acids is 2. The molecule has 0 spiro atoms. The first-order valence-electron chi connectivity index (χ1n) is 7.68. The Morgan fingerprint density at radius 3 is 2.88 bits per heavy atom. The lowest BCUT2D eigenvalue weighted by molar-refractivity contribution is -0.119. The summed E-state index contributed by atoms with van der Waals surface area (Å²) in [6.45, 7) is 2.34. The fraction of sp³-hybridized carbons (Fsp3) is 0.353. The van der Waals surface area contributed by atoms with Gasteiger partial charge in [0.25, 0.3) is 5.91 Å². The van der Waals surface area contributed by atoms with E-state index in [1.54, 1.807) is 24.4 Å². The number of fused-ring (bicyclic) bond motifs is 1. The Morgan fingerprint density at radius 1 is 1.46 bits per heavy atom. The average Bonchev–Trinajstić information content (AvgIpc) is 2.88. The summed E-state index contributed by atoms with van der Waals surface area (Å²) >= 11 is 0. The maximum absolute atomic E-state index is 11.5. The Bertz CT molecular complexity index is 806. The summed E-state index contributed by atoms with van der Waals surface area (Å²) in [6.07, 6.45) is 2.11. The highest BCUT2D eigenvalue weighted by Crippen LogP contribution is 2.31. The van der Waals surface area contributed by atoms with E-state index in [0.29, 0.717) is 30.2 Å². The SMILES string of the molecule is COc1cc2c(OC[C@@H]3NC(=O)C[C@@H]3C)nccc2cc1C(N)=O. The number of benzene rings is 1. The Balaban J connectivity index is 1.91. The summed E-state index contributed by atoms with van der Waals surface area (Å²) in [6, 6.07) is 5.08. The third kappa shape index (κ3) is 2.97. The van der Waals surface area contributed by atoms with Gasteiger partial charge >= 0.3 is 0 Å². The molecule has 24 heavy (non-hydrogen) atoms. The predicted molar refractivity (Wildman–Crippen MR) is 88.0 cm³/mol. The first-order chi connectivity index (χ1) is 11.5. The van der Waals surface area contributed by atoms with Crippen molar-refractivity contribution >= 4 is 22.6 Å². The molecule has 3 N–H and O–H groups in total. The summed E-state index contributed by atoms with van der Waals surface area (Å²) in [4.78, 5) is 27.2. The number of primary amides is 1. The van der Waals surface area contributed by atoms with E-state index < -0.39 is 5.91 Å². The largest absolute Gasteiger partial charge is 0.496 e. The number of nitrogens with two attached hydrogens (primary N) is 1. The molecule has 0 unspecified atom stereocenters. The molecule has 126 valence electrons. The van der Waals surface area contributed by atoms with Crippen molar-refractivity contribution in [1.29, 1.82) is 0 Å². The molecule has 2 aromatic rings. The van der Waals surface area contributed by atoms with Crippen LogP contribution in [0.3, 0.4) is 0 Å². The summed E-state index contributed by atoms with van der Waals surface area (Å²) < 4.78 is 11.1. The van der Waals surface area contributed by atoms with Gasteiger partial charge in [0.15, 0.2) is 0 Å². The monoisotopic (exact) mass is 329 g/mol. The fourth-order valence-corrected chi connectivity index (χ4v) is 2.87. The third-order valence-corrected chi connectivity index (χ3v) is 4.25. The van der Waals surface area contributed by atoms with E-state index in [4.69, 9.17) is 15.2 Å². The highest BCUT2D eigenvalue weighted by molar-refractivity contribution is 6.01. The first kappa shape index (κ1) is 16.0. The minimum atomic E-state index is -0.560. The van der Waals surface area contributed by atoms with Crippen LogP contribution in [0.1, 0.15) is 23.7 Å². The molecule has 2 heterocycles. The van der Waals surface area contributed by atoms with Crippen LogP contribution in [0.2, 0.25) is 0 Å². The number of nitrogens with zero attached hydrogens (tertiary/aromatic N) is 1. The Kier molecular flexibility index (Phi) is 4.24. The van der Waals surface area contributed by atoms with Crippen LogP contribution in [0.4, 0.5) is 0 Å². The van der Waals surface area contributed by atoms with Gasteiger partial charge in [-0.3, -0.25) is 9.59 Å². The number of aromatic nitrogens is 1. The first-order valence-corrected chi connectivity index (χ1v) is 7.68. The summed E-state index contributed by atoms with van der Waals surface area (Å²) in [5, 5.41) is 4.39. The molecule has 0 saturated carbocycles. The van der Waals surface area contributed by atoms with Crippen LogP contribution in [0.5, 0.6) is 11.6 Å². The predicted octanol–water partition coefficient (Wildman–Crippen LogP) is 1.25. The minimum Gasteiger partial charge on any atom is -0.496 e. The van der Waals surface area contributed by atoms with E-state index in [-0.39, 0.29) is 17.9 Å². The second-order valence-corrected chi connectivity index (χ2v) is 5.92. The van der Waals surface area contributed by atoms with Crippen LogP contribution in [0, 0.1) is 5.92 Å². The molecular weight excluding hydrogens is 310 g/mol. The number of pyridine rings is 1. The van der Waals surface area contributed by atoms with Gasteiger partial charge in [-0.25, -0.2) is 4.98 Å². The van der Waals surface area contributed by atoms with Crippen molar-refractivity contribution < 1.29 is 19.1 Å². The molecular formula is C17H19N3O4. The summed E-state index contributed by atoms with van der Waals surface area (Å²) in [7, 11) is 1.47. The van der Waals surface area contributed by atoms with E-state index in [9.17, 15) is 9.59 Å². The number of nitrogens with one attached hydrogen (secondary N) is 1. The van der Waals surface area contributed by atoms with Gasteiger partial charge in [0, 0.05) is 18.0 Å². The van der Waals surface area contributed by atoms with Crippen molar-refractivity contribution in [3.05, 3.63) is 30.0 Å². The van der Waals surface area contributed by atoms with Gasteiger partial charge in [-0.2, -0.15) is 0 Å². The van der Waals surface area contributed by atoms with Gasteiger partial charge in [0.1, 0.15) is 12.4 Å². The highest BCUT2D eigenvalue weighted by Gasteiger charge is 2.29. The zero-order valence-electron chi connectivity index (χ0n) is 13.5. The number of carbonyl (C=O) groups is 2. The van der Waals surface area contributed by atoms with E-state index in [1.807, 2.05) is 6.92 Å². The van der Waals surface area contributed by atoms with Crippen LogP contribution in [-0.4, -0.2) is 36.6 Å². The zero-order chi connectivity index (χ0) is 17.3. The Hall–Kier alpha value is -2.83. The lowest BCUT2D eigenvalue weighted by Gasteiger charge is -2.17. The quantitative estimate of drug-likeness (QED) is 0.859. The van der Waals surface area contributed by atoms with Crippen molar-refractivity contribution in [2.75, 3.05) is 13.7 Å². The van der Waals surface area contributed by atoms with Crippen LogP contribution < -0.4 is 20.5 Å². The lowest BCUT2D eigenvalue weighted by Crippen LogP contribution is -2.34. The molecule has 0 radical (unpaired) electrons. The van der Waals surface area contributed by atoms with E-state index >= 15 is 0 Å². The van der Waals surface area contributed by atoms with Gasteiger partial charge < -0.3 is 20.5 Å². The normalized spacial score (nSPS) is 20.0. The third-order valence-electron chi connectivity index (χ3n) is 4.25. The number of hydrogen-bond acceptors (Lipinski definition) is 5. The molecule has 3 rings (SSSR count). The smallest absolute Gasteiger partial charge is 0.252 e. The molecule has 1 aliphatic rings. The fourth-order valence-electron chi connectivity index (χ4n) is 2.87. The van der Waals surface area contributed by atoms with Crippen molar-refractivity contribution in [1.82, 2.24) is 10.3 Å². The molecule has 7 heteroatoms.